The fourth-order valence-corrected chi connectivity index (χ4v) is 2.73. The maximum atomic E-state index is 12.2. The van der Waals surface area contributed by atoms with Crippen LogP contribution in [0.25, 0.3) is 0 Å². The van der Waals surface area contributed by atoms with Gasteiger partial charge >= 0.3 is 0 Å². The lowest BCUT2D eigenvalue weighted by molar-refractivity contribution is -0.122. The van der Waals surface area contributed by atoms with E-state index in [-0.39, 0.29) is 12.1 Å². The molecule has 0 bridgehead atoms. The van der Waals surface area contributed by atoms with Crippen LogP contribution in [-0.2, 0) is 17.9 Å². The van der Waals surface area contributed by atoms with Crippen molar-refractivity contribution in [2.24, 2.45) is 0 Å². The molecule has 7 nitrogen and oxygen atoms in total. The van der Waals surface area contributed by atoms with Crippen LogP contribution in [0.15, 0.2) is 71.7 Å². The number of nitrogens with one attached hydrogen (secondary N) is 2. The van der Waals surface area contributed by atoms with Crippen molar-refractivity contribution >= 4 is 23.4 Å². The summed E-state index contributed by atoms with van der Waals surface area (Å²) in [5.74, 6) is -0.275. The second kappa shape index (κ2) is 9.76. The standard InChI is InChI=1S/C22H20ClN3O4/c1-15-12-18(9-10-19(15)23)30-14-16-5-7-17(8-6-16)22(29)25-24-20(27)13-26-11-3-2-4-21(26)28/h2-12H,13-14H2,1H3,(H,24,27)(H,25,29). The number of ether oxygens (including phenoxy) is 1. The van der Waals surface area contributed by atoms with Crippen LogP contribution in [-0.4, -0.2) is 16.4 Å². The van der Waals surface area contributed by atoms with Crippen LogP contribution < -0.4 is 21.1 Å². The molecule has 2 N–H and O–H groups in total. The highest BCUT2D eigenvalue weighted by Crippen LogP contribution is 2.21. The molecule has 0 aliphatic heterocycles. The molecule has 30 heavy (non-hydrogen) atoms. The summed E-state index contributed by atoms with van der Waals surface area (Å²) in [4.78, 5) is 35.7. The van der Waals surface area contributed by atoms with Gasteiger partial charge in [0.05, 0.1) is 0 Å². The Hall–Kier alpha value is -3.58. The Morgan fingerprint density at radius 1 is 1.03 bits per heavy atom. The number of hydrogen-bond donors (Lipinski definition) is 2. The zero-order valence-electron chi connectivity index (χ0n) is 16.2. The number of carbonyl (C=O) groups excluding carboxylic acids is 2. The third-order valence-electron chi connectivity index (χ3n) is 4.28. The van der Waals surface area contributed by atoms with Crippen LogP contribution in [0.3, 0.4) is 0 Å². The molecule has 3 aromatic rings. The third-order valence-corrected chi connectivity index (χ3v) is 4.70. The van der Waals surface area contributed by atoms with E-state index in [2.05, 4.69) is 10.9 Å². The molecular formula is C22H20ClN3O4. The van der Waals surface area contributed by atoms with Crippen molar-refractivity contribution in [3.8, 4) is 5.75 Å². The topological polar surface area (TPSA) is 89.4 Å². The Labute approximate surface area is 178 Å². The Balaban J connectivity index is 1.49. The highest BCUT2D eigenvalue weighted by Gasteiger charge is 2.09. The van der Waals surface area contributed by atoms with Crippen molar-refractivity contribution in [1.82, 2.24) is 15.4 Å². The molecule has 0 spiro atoms. The fourth-order valence-electron chi connectivity index (χ4n) is 2.61. The summed E-state index contributed by atoms with van der Waals surface area (Å²) in [6, 6.07) is 16.8. The third kappa shape index (κ3) is 5.71. The molecule has 0 aliphatic rings. The zero-order valence-corrected chi connectivity index (χ0v) is 17.0. The van der Waals surface area contributed by atoms with Gasteiger partial charge in [0.2, 0.25) is 0 Å². The maximum absolute atomic E-state index is 12.2. The SMILES string of the molecule is Cc1cc(OCc2ccc(C(=O)NNC(=O)Cn3ccccc3=O)cc2)ccc1Cl. The molecule has 8 heteroatoms. The molecule has 1 heterocycles. The first-order chi connectivity index (χ1) is 14.4. The van der Waals surface area contributed by atoms with Gasteiger partial charge < -0.3 is 9.30 Å². The Morgan fingerprint density at radius 2 is 1.80 bits per heavy atom. The Morgan fingerprint density at radius 3 is 2.50 bits per heavy atom. The number of benzene rings is 2. The van der Waals surface area contributed by atoms with Crippen molar-refractivity contribution < 1.29 is 14.3 Å². The van der Waals surface area contributed by atoms with E-state index in [1.807, 2.05) is 13.0 Å². The molecule has 3 rings (SSSR count). The van der Waals surface area contributed by atoms with Crippen LogP contribution in [0.5, 0.6) is 5.75 Å². The van der Waals surface area contributed by atoms with E-state index in [9.17, 15) is 14.4 Å². The quantitative estimate of drug-likeness (QED) is 0.594. The number of hydrogen-bond acceptors (Lipinski definition) is 4. The minimum absolute atomic E-state index is 0.194. The largest absolute Gasteiger partial charge is 0.489 e. The first-order valence-corrected chi connectivity index (χ1v) is 9.53. The predicted molar refractivity (Wildman–Crippen MR) is 113 cm³/mol. The lowest BCUT2D eigenvalue weighted by Gasteiger charge is -2.10. The number of aryl methyl sites for hydroxylation is 1. The van der Waals surface area contributed by atoms with Gasteiger partial charge in [-0.05, 0) is 54.4 Å². The van der Waals surface area contributed by atoms with E-state index in [4.69, 9.17) is 16.3 Å². The number of carbonyl (C=O) groups is 2. The fraction of sp³-hybridized carbons (Fsp3) is 0.136. The van der Waals surface area contributed by atoms with E-state index < -0.39 is 11.8 Å². The second-order valence-corrected chi connectivity index (χ2v) is 6.97. The first-order valence-electron chi connectivity index (χ1n) is 9.15. The molecule has 0 fully saturated rings. The summed E-state index contributed by atoms with van der Waals surface area (Å²) in [7, 11) is 0. The number of pyridine rings is 1. The van der Waals surface area contributed by atoms with Gasteiger partial charge in [-0.3, -0.25) is 25.2 Å². The van der Waals surface area contributed by atoms with Crippen molar-refractivity contribution in [2.75, 3.05) is 0 Å². The Bertz CT molecular complexity index is 1110. The van der Waals surface area contributed by atoms with Crippen molar-refractivity contribution in [1.29, 1.82) is 0 Å². The average Bonchev–Trinajstić information content (AvgIpc) is 2.75. The van der Waals surface area contributed by atoms with Gasteiger partial charge in [0.15, 0.2) is 0 Å². The van der Waals surface area contributed by atoms with E-state index in [0.717, 1.165) is 11.1 Å². The van der Waals surface area contributed by atoms with Crippen LogP contribution in [0, 0.1) is 6.92 Å². The van der Waals surface area contributed by atoms with Gasteiger partial charge in [0, 0.05) is 22.8 Å². The normalized spacial score (nSPS) is 10.3. The molecule has 2 amide bonds. The number of rotatable bonds is 6. The molecule has 0 unspecified atom stereocenters. The van der Waals surface area contributed by atoms with E-state index in [1.165, 1.54) is 16.8 Å². The maximum Gasteiger partial charge on any atom is 0.269 e. The summed E-state index contributed by atoms with van der Waals surface area (Å²) in [6.07, 6.45) is 1.50. The molecule has 0 radical (unpaired) electrons. The smallest absolute Gasteiger partial charge is 0.269 e. The molecule has 154 valence electrons. The van der Waals surface area contributed by atoms with Crippen LogP contribution in [0.4, 0.5) is 0 Å². The minimum atomic E-state index is -0.514. The molecular weight excluding hydrogens is 406 g/mol. The van der Waals surface area contributed by atoms with E-state index in [0.29, 0.717) is 22.9 Å². The number of halogens is 1. The first kappa shape index (κ1) is 21.1. The lowest BCUT2D eigenvalue weighted by atomic mass is 10.1. The Kier molecular flexibility index (Phi) is 6.87. The highest BCUT2D eigenvalue weighted by molar-refractivity contribution is 6.31. The molecule has 0 saturated heterocycles. The second-order valence-electron chi connectivity index (χ2n) is 6.57. The summed E-state index contributed by atoms with van der Waals surface area (Å²) in [5.41, 5.74) is 6.51. The zero-order chi connectivity index (χ0) is 21.5. The van der Waals surface area contributed by atoms with E-state index >= 15 is 0 Å². The van der Waals surface area contributed by atoms with Crippen LogP contribution in [0.2, 0.25) is 5.02 Å². The number of amides is 2. The van der Waals surface area contributed by atoms with Crippen LogP contribution >= 0.6 is 11.6 Å². The highest BCUT2D eigenvalue weighted by atomic mass is 35.5. The van der Waals surface area contributed by atoms with Gasteiger partial charge in [-0.15, -0.1) is 0 Å². The summed E-state index contributed by atoms with van der Waals surface area (Å²) < 4.78 is 6.96. The average molecular weight is 426 g/mol. The number of hydrazine groups is 1. The van der Waals surface area contributed by atoms with Crippen molar-refractivity contribution in [3.63, 3.8) is 0 Å². The lowest BCUT2D eigenvalue weighted by Crippen LogP contribution is -2.44. The summed E-state index contributed by atoms with van der Waals surface area (Å²) in [6.45, 7) is 2.05. The molecule has 0 saturated carbocycles. The molecule has 0 atom stereocenters. The number of nitrogens with zero attached hydrogens (tertiary/aromatic N) is 1. The predicted octanol–water partition coefficient (Wildman–Crippen LogP) is 2.85. The van der Waals surface area contributed by atoms with E-state index in [1.54, 1.807) is 48.5 Å². The molecule has 2 aromatic carbocycles. The van der Waals surface area contributed by atoms with Crippen molar-refractivity contribution in [3.05, 3.63) is 98.9 Å². The van der Waals surface area contributed by atoms with Gasteiger partial charge in [-0.25, -0.2) is 0 Å². The number of aromatic nitrogens is 1. The van der Waals surface area contributed by atoms with Crippen molar-refractivity contribution in [2.45, 2.75) is 20.1 Å². The van der Waals surface area contributed by atoms with Gasteiger partial charge in [0.25, 0.3) is 17.4 Å². The minimum Gasteiger partial charge on any atom is -0.489 e. The monoisotopic (exact) mass is 425 g/mol. The summed E-state index contributed by atoms with van der Waals surface area (Å²) in [5, 5.41) is 0.681. The van der Waals surface area contributed by atoms with Gasteiger partial charge in [-0.2, -0.15) is 0 Å². The van der Waals surface area contributed by atoms with Crippen LogP contribution in [0.1, 0.15) is 21.5 Å². The molecule has 0 aliphatic carbocycles. The molecule has 1 aromatic heterocycles. The summed E-state index contributed by atoms with van der Waals surface area (Å²) >= 11 is 6.00. The van der Waals surface area contributed by atoms with Gasteiger partial charge in [0.1, 0.15) is 18.9 Å². The van der Waals surface area contributed by atoms with Gasteiger partial charge in [-0.1, -0.05) is 29.8 Å².